The Hall–Kier alpha value is -1.65. The Kier molecular flexibility index (Phi) is 2.50. The van der Waals surface area contributed by atoms with Crippen molar-refractivity contribution >= 4 is 17.8 Å². The first-order valence-electron chi connectivity index (χ1n) is 6.35. The van der Waals surface area contributed by atoms with E-state index in [1.807, 2.05) is 0 Å². The topological polar surface area (TPSA) is 74.7 Å². The van der Waals surface area contributed by atoms with Crippen LogP contribution in [0.5, 0.6) is 0 Å². The summed E-state index contributed by atoms with van der Waals surface area (Å²) in [7, 11) is 0. The minimum absolute atomic E-state index is 0.00248. The second-order valence-electron chi connectivity index (χ2n) is 5.33. The van der Waals surface area contributed by atoms with E-state index in [0.29, 0.717) is 6.42 Å². The van der Waals surface area contributed by atoms with Gasteiger partial charge in [-0.1, -0.05) is 12.2 Å². The summed E-state index contributed by atoms with van der Waals surface area (Å²) in [4.78, 5) is 36.1. The predicted molar refractivity (Wildman–Crippen MR) is 61.3 cm³/mol. The van der Waals surface area contributed by atoms with Crippen LogP contribution in [-0.4, -0.2) is 34.3 Å². The van der Waals surface area contributed by atoms with Gasteiger partial charge in [0.1, 0.15) is 0 Å². The van der Waals surface area contributed by atoms with E-state index in [1.165, 1.54) is 4.90 Å². The van der Waals surface area contributed by atoms with Gasteiger partial charge in [0, 0.05) is 13.0 Å². The monoisotopic (exact) mass is 249 g/mol. The molecule has 1 aliphatic heterocycles. The molecule has 5 nitrogen and oxygen atoms in total. The number of allylic oxidation sites excluding steroid dienone is 2. The van der Waals surface area contributed by atoms with Gasteiger partial charge in [-0.3, -0.25) is 19.3 Å². The van der Waals surface area contributed by atoms with Crippen molar-refractivity contribution in [1.82, 2.24) is 4.90 Å². The van der Waals surface area contributed by atoms with Crippen molar-refractivity contribution in [2.75, 3.05) is 6.54 Å². The van der Waals surface area contributed by atoms with Gasteiger partial charge in [-0.15, -0.1) is 0 Å². The zero-order valence-electron chi connectivity index (χ0n) is 9.91. The number of hydrogen-bond acceptors (Lipinski definition) is 3. The fourth-order valence-corrected chi connectivity index (χ4v) is 3.57. The van der Waals surface area contributed by atoms with Gasteiger partial charge in [-0.25, -0.2) is 0 Å². The third-order valence-electron chi connectivity index (χ3n) is 4.33. The van der Waals surface area contributed by atoms with Gasteiger partial charge in [0.25, 0.3) is 0 Å². The average Bonchev–Trinajstić information content (AvgIpc) is 2.97. The number of hydrogen-bond donors (Lipinski definition) is 1. The summed E-state index contributed by atoms with van der Waals surface area (Å²) in [5, 5.41) is 8.58. The highest BCUT2D eigenvalue weighted by Gasteiger charge is 2.58. The summed E-state index contributed by atoms with van der Waals surface area (Å²) < 4.78 is 0. The zero-order chi connectivity index (χ0) is 12.9. The summed E-state index contributed by atoms with van der Waals surface area (Å²) in [6, 6.07) is 0. The minimum Gasteiger partial charge on any atom is -0.481 e. The second kappa shape index (κ2) is 3.93. The van der Waals surface area contributed by atoms with Gasteiger partial charge in [0.05, 0.1) is 11.8 Å². The fourth-order valence-electron chi connectivity index (χ4n) is 3.57. The van der Waals surface area contributed by atoms with Crippen molar-refractivity contribution in [2.45, 2.75) is 19.3 Å². The second-order valence-corrected chi connectivity index (χ2v) is 5.33. The summed E-state index contributed by atoms with van der Waals surface area (Å²) in [5.41, 5.74) is 0. The number of rotatable bonds is 4. The van der Waals surface area contributed by atoms with Crippen molar-refractivity contribution in [3.63, 3.8) is 0 Å². The highest BCUT2D eigenvalue weighted by Crippen LogP contribution is 2.52. The molecule has 3 rings (SSSR count). The van der Waals surface area contributed by atoms with Crippen LogP contribution in [0.3, 0.4) is 0 Å². The lowest BCUT2D eigenvalue weighted by atomic mass is 9.85. The molecule has 0 radical (unpaired) electrons. The van der Waals surface area contributed by atoms with Crippen molar-refractivity contribution in [1.29, 1.82) is 0 Å². The number of nitrogens with zero attached hydrogens (tertiary/aromatic N) is 1. The van der Waals surface area contributed by atoms with Crippen LogP contribution < -0.4 is 0 Å². The summed E-state index contributed by atoms with van der Waals surface area (Å²) in [6.07, 6.45) is 5.37. The summed E-state index contributed by atoms with van der Waals surface area (Å²) in [6.45, 7) is 0.246. The molecular formula is C13H15NO4. The number of imide groups is 1. The van der Waals surface area contributed by atoms with Gasteiger partial charge >= 0.3 is 5.97 Å². The van der Waals surface area contributed by atoms with Crippen molar-refractivity contribution in [3.8, 4) is 0 Å². The van der Waals surface area contributed by atoms with Crippen LogP contribution in [0, 0.1) is 23.7 Å². The molecular weight excluding hydrogens is 234 g/mol. The Morgan fingerprint density at radius 1 is 1.22 bits per heavy atom. The Morgan fingerprint density at radius 3 is 2.28 bits per heavy atom. The molecule has 96 valence electrons. The number of carbonyl (C=O) groups is 3. The van der Waals surface area contributed by atoms with E-state index < -0.39 is 5.97 Å². The lowest BCUT2D eigenvalue weighted by molar-refractivity contribution is -0.142. The molecule has 1 saturated carbocycles. The Morgan fingerprint density at radius 2 is 1.78 bits per heavy atom. The van der Waals surface area contributed by atoms with Crippen molar-refractivity contribution in [3.05, 3.63) is 12.2 Å². The van der Waals surface area contributed by atoms with E-state index in [4.69, 9.17) is 5.11 Å². The number of likely N-dealkylation sites (tertiary alicyclic amines) is 1. The van der Waals surface area contributed by atoms with Gasteiger partial charge in [-0.05, 0) is 24.7 Å². The maximum atomic E-state index is 12.2. The molecule has 4 atom stereocenters. The molecule has 0 aromatic rings. The highest BCUT2D eigenvalue weighted by molar-refractivity contribution is 6.06. The highest BCUT2D eigenvalue weighted by atomic mass is 16.4. The Balaban J connectivity index is 1.70. The number of fused-ring (bicyclic) bond motifs is 5. The van der Waals surface area contributed by atoms with E-state index >= 15 is 0 Å². The van der Waals surface area contributed by atoms with E-state index in [9.17, 15) is 14.4 Å². The molecule has 3 aliphatic rings. The van der Waals surface area contributed by atoms with Crippen LogP contribution in [0.25, 0.3) is 0 Å². The molecule has 1 saturated heterocycles. The quantitative estimate of drug-likeness (QED) is 0.586. The third kappa shape index (κ3) is 1.50. The molecule has 2 bridgehead atoms. The molecule has 18 heavy (non-hydrogen) atoms. The maximum absolute atomic E-state index is 12.2. The first-order chi connectivity index (χ1) is 8.59. The number of carboxylic acids is 1. The van der Waals surface area contributed by atoms with Crippen LogP contribution in [-0.2, 0) is 14.4 Å². The van der Waals surface area contributed by atoms with Gasteiger partial charge in [0.15, 0.2) is 0 Å². The van der Waals surface area contributed by atoms with Crippen LogP contribution in [0.2, 0.25) is 0 Å². The molecule has 1 N–H and O–H groups in total. The zero-order valence-corrected chi connectivity index (χ0v) is 9.91. The number of aliphatic carboxylic acids is 1. The summed E-state index contributed by atoms with van der Waals surface area (Å²) >= 11 is 0. The smallest absolute Gasteiger partial charge is 0.303 e. The molecule has 2 fully saturated rings. The number of carboxylic acid groups (broad SMARTS) is 1. The van der Waals surface area contributed by atoms with Gasteiger partial charge in [-0.2, -0.15) is 0 Å². The van der Waals surface area contributed by atoms with Gasteiger partial charge < -0.3 is 5.11 Å². The van der Waals surface area contributed by atoms with E-state index in [0.717, 1.165) is 6.42 Å². The standard InChI is InChI=1S/C13H15NO4/c15-9(16)2-1-5-14-12(17)10-7-3-4-8(6-7)11(10)13(14)18/h3-4,7-8,10-11H,1-2,5-6H2,(H,15,16)/t7-,8+,10-,11+. The third-order valence-corrected chi connectivity index (χ3v) is 4.33. The first kappa shape index (κ1) is 11.4. The van der Waals surface area contributed by atoms with Crippen LogP contribution >= 0.6 is 0 Å². The molecule has 1 heterocycles. The average molecular weight is 249 g/mol. The van der Waals surface area contributed by atoms with Crippen LogP contribution in [0.1, 0.15) is 19.3 Å². The van der Waals surface area contributed by atoms with Crippen LogP contribution in [0.4, 0.5) is 0 Å². The fraction of sp³-hybridized carbons (Fsp3) is 0.615. The minimum atomic E-state index is -0.893. The number of carbonyl (C=O) groups excluding carboxylic acids is 2. The largest absolute Gasteiger partial charge is 0.481 e. The molecule has 2 amide bonds. The summed E-state index contributed by atoms with van der Waals surface area (Å²) in [5.74, 6) is -0.966. The predicted octanol–water partition coefficient (Wildman–Crippen LogP) is 0.658. The van der Waals surface area contributed by atoms with E-state index in [2.05, 4.69) is 12.2 Å². The van der Waals surface area contributed by atoms with Crippen molar-refractivity contribution < 1.29 is 19.5 Å². The van der Waals surface area contributed by atoms with Crippen molar-refractivity contribution in [2.24, 2.45) is 23.7 Å². The lowest BCUT2D eigenvalue weighted by Gasteiger charge is -2.16. The van der Waals surface area contributed by atoms with E-state index in [1.54, 1.807) is 0 Å². The molecule has 0 aromatic carbocycles. The lowest BCUT2D eigenvalue weighted by Crippen LogP contribution is -2.34. The van der Waals surface area contributed by atoms with E-state index in [-0.39, 0.29) is 48.5 Å². The maximum Gasteiger partial charge on any atom is 0.303 e. The Bertz CT molecular complexity index is 426. The molecule has 0 aromatic heterocycles. The first-order valence-corrected chi connectivity index (χ1v) is 6.35. The molecule has 0 unspecified atom stereocenters. The van der Waals surface area contributed by atoms with Crippen LogP contribution in [0.15, 0.2) is 12.2 Å². The molecule has 2 aliphatic carbocycles. The SMILES string of the molecule is O=C(O)CCCN1C(=O)[C@@H]2[C@H](C1=O)[C@@H]1C=C[C@H]2C1. The van der Waals surface area contributed by atoms with Gasteiger partial charge in [0.2, 0.25) is 11.8 Å². The Labute approximate surface area is 104 Å². The molecule has 0 spiro atoms. The molecule has 5 heteroatoms. The number of amides is 2. The normalized spacial score (nSPS) is 36.6.